The van der Waals surface area contributed by atoms with Crippen LogP contribution in [0.2, 0.25) is 0 Å². The van der Waals surface area contributed by atoms with Gasteiger partial charge in [-0.15, -0.1) is 0 Å². The molecule has 0 spiro atoms. The molecule has 1 fully saturated rings. The lowest BCUT2D eigenvalue weighted by Gasteiger charge is -2.34. The van der Waals surface area contributed by atoms with Crippen molar-refractivity contribution in [1.82, 2.24) is 9.29 Å². The topological polar surface area (TPSA) is 79.8 Å². The summed E-state index contributed by atoms with van der Waals surface area (Å²) in [6.45, 7) is 0.907. The molecule has 33 heavy (non-hydrogen) atoms. The fraction of sp³-hybridized carbons (Fsp3) is 0.280. The fourth-order valence-electron chi connectivity index (χ4n) is 4.03. The summed E-state index contributed by atoms with van der Waals surface area (Å²) in [5, 5.41) is 0. The van der Waals surface area contributed by atoms with Crippen LogP contribution in [0, 0.1) is 5.92 Å². The third-order valence-electron chi connectivity index (χ3n) is 5.81. The Morgan fingerprint density at radius 2 is 1.79 bits per heavy atom. The lowest BCUT2D eigenvalue weighted by atomic mass is 9.97. The van der Waals surface area contributed by atoms with Crippen molar-refractivity contribution < 1.29 is 17.9 Å². The number of piperidine rings is 1. The molecule has 2 aromatic carbocycles. The first-order valence-corrected chi connectivity index (χ1v) is 12.3. The predicted octanol–water partition coefficient (Wildman–Crippen LogP) is 3.72. The average molecular weight is 466 g/mol. The van der Waals surface area contributed by atoms with Gasteiger partial charge in [-0.2, -0.15) is 4.31 Å². The van der Waals surface area contributed by atoms with Crippen molar-refractivity contribution in [1.29, 1.82) is 0 Å². The number of carbonyl (C=O) groups is 1. The maximum absolute atomic E-state index is 13.6. The van der Waals surface area contributed by atoms with Crippen LogP contribution in [0.1, 0.15) is 18.4 Å². The molecule has 0 bridgehead atoms. The standard InChI is InChI=1S/C25H27N3O4S/c1-32-22-12-14-23(15-13-22)33(30,31)27-17-7-10-21(19-27)25(29)28(24-11-5-6-16-26-24)18-20-8-3-2-4-9-20/h2-6,8-9,11-16,21H,7,10,17-19H2,1H3/t21-/m1/s1. The Labute approximate surface area is 194 Å². The summed E-state index contributed by atoms with van der Waals surface area (Å²) in [4.78, 5) is 19.9. The highest BCUT2D eigenvalue weighted by atomic mass is 32.2. The maximum atomic E-state index is 13.6. The van der Waals surface area contributed by atoms with E-state index in [0.29, 0.717) is 37.5 Å². The van der Waals surface area contributed by atoms with E-state index in [4.69, 9.17) is 4.74 Å². The molecule has 2 heterocycles. The number of benzene rings is 2. The molecule has 0 radical (unpaired) electrons. The quantitative estimate of drug-likeness (QED) is 0.531. The van der Waals surface area contributed by atoms with Gasteiger partial charge in [0.05, 0.1) is 24.5 Å². The highest BCUT2D eigenvalue weighted by molar-refractivity contribution is 7.89. The van der Waals surface area contributed by atoms with Crippen LogP contribution in [0.3, 0.4) is 0 Å². The Bertz CT molecular complexity index is 1170. The second kappa shape index (κ2) is 10.1. The van der Waals surface area contributed by atoms with Crippen molar-refractivity contribution >= 4 is 21.7 Å². The van der Waals surface area contributed by atoms with Crippen molar-refractivity contribution in [3.05, 3.63) is 84.6 Å². The molecule has 0 unspecified atom stereocenters. The second-order valence-electron chi connectivity index (χ2n) is 7.98. The van der Waals surface area contributed by atoms with E-state index in [9.17, 15) is 13.2 Å². The molecule has 1 amide bonds. The van der Waals surface area contributed by atoms with Gasteiger partial charge in [0.2, 0.25) is 15.9 Å². The Morgan fingerprint density at radius 3 is 2.45 bits per heavy atom. The van der Waals surface area contributed by atoms with E-state index in [1.54, 1.807) is 35.4 Å². The summed E-state index contributed by atoms with van der Waals surface area (Å²) in [7, 11) is -2.18. The van der Waals surface area contributed by atoms with Crippen LogP contribution in [0.25, 0.3) is 0 Å². The summed E-state index contributed by atoms with van der Waals surface area (Å²) in [5.41, 5.74) is 0.982. The SMILES string of the molecule is COc1ccc(S(=O)(=O)N2CCC[C@@H](C(=O)N(Cc3ccccc3)c3ccccn3)C2)cc1. The van der Waals surface area contributed by atoms with Crippen LogP contribution < -0.4 is 9.64 Å². The summed E-state index contributed by atoms with van der Waals surface area (Å²) in [5.74, 6) is 0.582. The number of methoxy groups -OCH3 is 1. The first kappa shape index (κ1) is 22.9. The highest BCUT2D eigenvalue weighted by Crippen LogP contribution is 2.28. The summed E-state index contributed by atoms with van der Waals surface area (Å²) in [6.07, 6.45) is 2.90. The number of hydrogen-bond donors (Lipinski definition) is 0. The van der Waals surface area contributed by atoms with Crippen molar-refractivity contribution in [2.24, 2.45) is 5.92 Å². The third-order valence-corrected chi connectivity index (χ3v) is 7.69. The van der Waals surface area contributed by atoms with E-state index < -0.39 is 15.9 Å². The number of pyridine rings is 1. The van der Waals surface area contributed by atoms with Crippen LogP contribution in [0.15, 0.2) is 83.9 Å². The Kier molecular flexibility index (Phi) is 7.05. The van der Waals surface area contributed by atoms with Crippen LogP contribution in [0.5, 0.6) is 5.75 Å². The smallest absolute Gasteiger partial charge is 0.243 e. The van der Waals surface area contributed by atoms with Gasteiger partial charge in [-0.05, 0) is 54.8 Å². The van der Waals surface area contributed by atoms with E-state index in [1.165, 1.54) is 23.5 Å². The van der Waals surface area contributed by atoms with Gasteiger partial charge in [0.1, 0.15) is 11.6 Å². The van der Waals surface area contributed by atoms with Gasteiger partial charge in [0.15, 0.2) is 0 Å². The zero-order valence-corrected chi connectivity index (χ0v) is 19.3. The van der Waals surface area contributed by atoms with Gasteiger partial charge in [0, 0.05) is 19.3 Å². The molecule has 172 valence electrons. The molecule has 1 atom stereocenters. The molecule has 1 aliphatic heterocycles. The van der Waals surface area contributed by atoms with Gasteiger partial charge >= 0.3 is 0 Å². The number of ether oxygens (including phenoxy) is 1. The van der Waals surface area contributed by atoms with E-state index in [-0.39, 0.29) is 17.3 Å². The molecule has 1 saturated heterocycles. The lowest BCUT2D eigenvalue weighted by Crippen LogP contribution is -2.46. The number of carbonyl (C=O) groups excluding carboxylic acids is 1. The van der Waals surface area contributed by atoms with Crippen molar-refractivity contribution in [3.63, 3.8) is 0 Å². The zero-order chi connectivity index (χ0) is 23.3. The van der Waals surface area contributed by atoms with Crippen LogP contribution in [-0.2, 0) is 21.4 Å². The molecular weight excluding hydrogens is 438 g/mol. The monoisotopic (exact) mass is 465 g/mol. The minimum atomic E-state index is -3.71. The summed E-state index contributed by atoms with van der Waals surface area (Å²) >= 11 is 0. The molecule has 0 aliphatic carbocycles. The van der Waals surface area contributed by atoms with Crippen LogP contribution in [0.4, 0.5) is 5.82 Å². The van der Waals surface area contributed by atoms with Gasteiger partial charge < -0.3 is 4.74 Å². The van der Waals surface area contributed by atoms with Gasteiger partial charge in [-0.1, -0.05) is 36.4 Å². The minimum Gasteiger partial charge on any atom is -0.497 e. The molecule has 1 aliphatic rings. The van der Waals surface area contributed by atoms with Crippen LogP contribution >= 0.6 is 0 Å². The first-order valence-electron chi connectivity index (χ1n) is 10.9. The Morgan fingerprint density at radius 1 is 1.06 bits per heavy atom. The van der Waals surface area contributed by atoms with Gasteiger partial charge in [0.25, 0.3) is 0 Å². The summed E-state index contributed by atoms with van der Waals surface area (Å²) in [6, 6.07) is 21.5. The maximum Gasteiger partial charge on any atom is 0.243 e. The molecule has 7 nitrogen and oxygen atoms in total. The number of sulfonamides is 1. The molecule has 4 rings (SSSR count). The Hall–Kier alpha value is -3.23. The largest absolute Gasteiger partial charge is 0.497 e. The number of anilines is 1. The summed E-state index contributed by atoms with van der Waals surface area (Å²) < 4.78 is 33.0. The van der Waals surface area contributed by atoms with Gasteiger partial charge in [-0.3, -0.25) is 9.69 Å². The van der Waals surface area contributed by atoms with Gasteiger partial charge in [-0.25, -0.2) is 13.4 Å². The van der Waals surface area contributed by atoms with E-state index >= 15 is 0 Å². The number of aromatic nitrogens is 1. The normalized spacial score (nSPS) is 16.8. The zero-order valence-electron chi connectivity index (χ0n) is 18.5. The van der Waals surface area contributed by atoms with Crippen LogP contribution in [-0.4, -0.2) is 43.8 Å². The van der Waals surface area contributed by atoms with Crippen molar-refractivity contribution in [3.8, 4) is 5.75 Å². The number of nitrogens with zero attached hydrogens (tertiary/aromatic N) is 3. The highest BCUT2D eigenvalue weighted by Gasteiger charge is 2.35. The van der Waals surface area contributed by atoms with E-state index in [0.717, 1.165) is 5.56 Å². The van der Waals surface area contributed by atoms with E-state index in [1.807, 2.05) is 36.4 Å². The lowest BCUT2D eigenvalue weighted by molar-refractivity contribution is -0.123. The molecule has 8 heteroatoms. The molecule has 0 saturated carbocycles. The van der Waals surface area contributed by atoms with Crippen molar-refractivity contribution in [2.45, 2.75) is 24.3 Å². The third kappa shape index (κ3) is 5.23. The molecule has 1 aromatic heterocycles. The molecular formula is C25H27N3O4S. The average Bonchev–Trinajstić information content (AvgIpc) is 2.88. The molecule has 3 aromatic rings. The Balaban J connectivity index is 1.56. The number of hydrogen-bond acceptors (Lipinski definition) is 5. The van der Waals surface area contributed by atoms with E-state index in [2.05, 4.69) is 4.98 Å². The minimum absolute atomic E-state index is 0.118. The number of amides is 1. The predicted molar refractivity (Wildman–Crippen MR) is 126 cm³/mol. The van der Waals surface area contributed by atoms with Crippen molar-refractivity contribution in [2.75, 3.05) is 25.1 Å². The number of rotatable bonds is 7. The first-order chi connectivity index (χ1) is 16.0. The molecule has 0 N–H and O–H groups in total. The second-order valence-corrected chi connectivity index (χ2v) is 9.91. The fourth-order valence-corrected chi connectivity index (χ4v) is 5.55.